The van der Waals surface area contributed by atoms with Crippen molar-refractivity contribution < 1.29 is 13.2 Å². The normalized spacial score (nSPS) is 11.5. The van der Waals surface area contributed by atoms with Gasteiger partial charge < -0.3 is 5.32 Å². The highest BCUT2D eigenvalue weighted by Gasteiger charge is 2.27. The Labute approximate surface area is 93.2 Å². The topological polar surface area (TPSA) is 37.8 Å². The molecule has 0 aliphatic heterocycles. The molecule has 7 heteroatoms. The Balaban J connectivity index is 2.70. The SMILES string of the molecule is CNc1nc(CCC(F)(F)F)ncc1Br. The van der Waals surface area contributed by atoms with E-state index >= 15 is 0 Å². The standard InChI is InChI=1S/C8H9BrF3N3/c1-13-7-5(9)4-14-6(15-7)2-3-8(10,11)12/h4H,2-3H2,1H3,(H,13,14,15). The van der Waals surface area contributed by atoms with Crippen LogP contribution in [-0.4, -0.2) is 23.2 Å². The van der Waals surface area contributed by atoms with Gasteiger partial charge in [0.15, 0.2) is 0 Å². The fraction of sp³-hybridized carbons (Fsp3) is 0.500. The van der Waals surface area contributed by atoms with Gasteiger partial charge in [0.05, 0.1) is 10.9 Å². The second-order valence-electron chi connectivity index (χ2n) is 2.85. The Morgan fingerprint density at radius 1 is 1.47 bits per heavy atom. The second kappa shape index (κ2) is 4.78. The van der Waals surface area contributed by atoms with Crippen molar-refractivity contribution in [3.63, 3.8) is 0 Å². The molecule has 1 aromatic rings. The highest BCUT2D eigenvalue weighted by atomic mass is 79.9. The van der Waals surface area contributed by atoms with Gasteiger partial charge in [-0.25, -0.2) is 9.97 Å². The fourth-order valence-electron chi connectivity index (χ4n) is 0.953. The summed E-state index contributed by atoms with van der Waals surface area (Å²) >= 11 is 3.17. The summed E-state index contributed by atoms with van der Waals surface area (Å²) in [6.45, 7) is 0. The molecule has 3 nitrogen and oxygen atoms in total. The number of aromatic nitrogens is 2. The van der Waals surface area contributed by atoms with Crippen LogP contribution in [0.2, 0.25) is 0 Å². The van der Waals surface area contributed by atoms with Crippen molar-refractivity contribution in [1.82, 2.24) is 9.97 Å². The van der Waals surface area contributed by atoms with Crippen molar-refractivity contribution >= 4 is 21.7 Å². The second-order valence-corrected chi connectivity index (χ2v) is 3.70. The van der Waals surface area contributed by atoms with Gasteiger partial charge in [0, 0.05) is 19.7 Å². The maximum atomic E-state index is 11.9. The van der Waals surface area contributed by atoms with Gasteiger partial charge in [0.2, 0.25) is 0 Å². The van der Waals surface area contributed by atoms with E-state index in [9.17, 15) is 13.2 Å². The predicted molar refractivity (Wildman–Crippen MR) is 53.7 cm³/mol. The molecule has 0 aliphatic rings. The maximum Gasteiger partial charge on any atom is 0.389 e. The first kappa shape index (κ1) is 12.2. The van der Waals surface area contributed by atoms with Crippen LogP contribution in [0.15, 0.2) is 10.7 Å². The summed E-state index contributed by atoms with van der Waals surface area (Å²) < 4.78 is 36.4. The molecule has 15 heavy (non-hydrogen) atoms. The van der Waals surface area contributed by atoms with Crippen LogP contribution in [0.5, 0.6) is 0 Å². The molecule has 0 bridgehead atoms. The lowest BCUT2D eigenvalue weighted by molar-refractivity contribution is -0.134. The molecular weight excluding hydrogens is 275 g/mol. The van der Waals surface area contributed by atoms with E-state index in [1.165, 1.54) is 6.20 Å². The number of nitrogens with one attached hydrogen (secondary N) is 1. The molecule has 1 N–H and O–H groups in total. The third-order valence-electron chi connectivity index (χ3n) is 1.66. The molecule has 0 radical (unpaired) electrons. The summed E-state index contributed by atoms with van der Waals surface area (Å²) in [6.07, 6.45) is -3.84. The quantitative estimate of drug-likeness (QED) is 0.927. The molecule has 84 valence electrons. The fourth-order valence-corrected chi connectivity index (χ4v) is 1.34. The molecule has 0 atom stereocenters. The molecule has 0 spiro atoms. The van der Waals surface area contributed by atoms with Crippen LogP contribution in [0.25, 0.3) is 0 Å². The van der Waals surface area contributed by atoms with Crippen LogP contribution in [0.1, 0.15) is 12.2 Å². The lowest BCUT2D eigenvalue weighted by Crippen LogP contribution is -2.10. The summed E-state index contributed by atoms with van der Waals surface area (Å²) in [4.78, 5) is 7.72. The van der Waals surface area contributed by atoms with Gasteiger partial charge >= 0.3 is 6.18 Å². The van der Waals surface area contributed by atoms with Gasteiger partial charge in [-0.3, -0.25) is 0 Å². The average Bonchev–Trinajstić information content (AvgIpc) is 2.15. The highest BCUT2D eigenvalue weighted by molar-refractivity contribution is 9.10. The zero-order chi connectivity index (χ0) is 11.5. The molecule has 0 unspecified atom stereocenters. The first-order valence-corrected chi connectivity index (χ1v) is 4.97. The van der Waals surface area contributed by atoms with Gasteiger partial charge in [-0.05, 0) is 15.9 Å². The van der Waals surface area contributed by atoms with E-state index in [4.69, 9.17) is 0 Å². The molecule has 1 aromatic heterocycles. The van der Waals surface area contributed by atoms with E-state index in [1.54, 1.807) is 7.05 Å². The lowest BCUT2D eigenvalue weighted by atomic mass is 10.3. The van der Waals surface area contributed by atoms with Crippen molar-refractivity contribution in [3.05, 3.63) is 16.5 Å². The Hall–Kier alpha value is -0.850. The predicted octanol–water partition coefficient (Wildman–Crippen LogP) is 2.78. The Kier molecular flexibility index (Phi) is 3.90. The minimum atomic E-state index is -4.17. The Morgan fingerprint density at radius 2 is 2.13 bits per heavy atom. The Bertz CT molecular complexity index is 340. The van der Waals surface area contributed by atoms with Crippen molar-refractivity contribution in [1.29, 1.82) is 0 Å². The van der Waals surface area contributed by atoms with Crippen LogP contribution in [0.3, 0.4) is 0 Å². The molecule has 0 saturated heterocycles. The third-order valence-corrected chi connectivity index (χ3v) is 2.24. The number of anilines is 1. The third kappa shape index (κ3) is 4.03. The van der Waals surface area contributed by atoms with Gasteiger partial charge in [0.25, 0.3) is 0 Å². The number of aryl methyl sites for hydroxylation is 1. The number of alkyl halides is 3. The van der Waals surface area contributed by atoms with E-state index in [-0.39, 0.29) is 12.2 Å². The first-order chi connectivity index (χ1) is 6.92. The Morgan fingerprint density at radius 3 is 2.67 bits per heavy atom. The van der Waals surface area contributed by atoms with E-state index in [0.29, 0.717) is 10.3 Å². The molecule has 0 aliphatic carbocycles. The molecule has 0 fully saturated rings. The number of rotatable bonds is 3. The molecular formula is C8H9BrF3N3. The van der Waals surface area contributed by atoms with Gasteiger partial charge in [-0.15, -0.1) is 0 Å². The number of hydrogen-bond donors (Lipinski definition) is 1. The minimum Gasteiger partial charge on any atom is -0.372 e. The van der Waals surface area contributed by atoms with Crippen LogP contribution in [0, 0.1) is 0 Å². The molecule has 0 saturated carbocycles. The van der Waals surface area contributed by atoms with Crippen LogP contribution < -0.4 is 5.32 Å². The summed E-state index contributed by atoms with van der Waals surface area (Å²) in [5.41, 5.74) is 0. The van der Waals surface area contributed by atoms with Crippen LogP contribution in [0.4, 0.5) is 19.0 Å². The van der Waals surface area contributed by atoms with E-state index in [1.807, 2.05) is 0 Å². The smallest absolute Gasteiger partial charge is 0.372 e. The zero-order valence-electron chi connectivity index (χ0n) is 7.90. The lowest BCUT2D eigenvalue weighted by Gasteiger charge is -2.07. The summed E-state index contributed by atoms with van der Waals surface area (Å²) in [6, 6.07) is 0. The van der Waals surface area contributed by atoms with E-state index in [2.05, 4.69) is 31.2 Å². The highest BCUT2D eigenvalue weighted by Crippen LogP contribution is 2.23. The number of hydrogen-bond acceptors (Lipinski definition) is 3. The molecule has 1 heterocycles. The van der Waals surface area contributed by atoms with E-state index in [0.717, 1.165) is 0 Å². The van der Waals surface area contributed by atoms with Crippen molar-refractivity contribution in [2.24, 2.45) is 0 Å². The maximum absolute atomic E-state index is 11.9. The van der Waals surface area contributed by atoms with Crippen molar-refractivity contribution in [2.45, 2.75) is 19.0 Å². The van der Waals surface area contributed by atoms with Gasteiger partial charge in [-0.2, -0.15) is 13.2 Å². The average molecular weight is 284 g/mol. The molecule has 0 aromatic carbocycles. The van der Waals surface area contributed by atoms with Crippen LogP contribution in [-0.2, 0) is 6.42 Å². The van der Waals surface area contributed by atoms with Crippen molar-refractivity contribution in [3.8, 4) is 0 Å². The first-order valence-electron chi connectivity index (χ1n) is 4.18. The summed E-state index contributed by atoms with van der Waals surface area (Å²) in [7, 11) is 1.64. The zero-order valence-corrected chi connectivity index (χ0v) is 9.48. The minimum absolute atomic E-state index is 0.180. The van der Waals surface area contributed by atoms with E-state index < -0.39 is 12.6 Å². The monoisotopic (exact) mass is 283 g/mol. The number of nitrogens with zero attached hydrogens (tertiary/aromatic N) is 2. The molecule has 0 amide bonds. The van der Waals surface area contributed by atoms with Crippen LogP contribution >= 0.6 is 15.9 Å². The van der Waals surface area contributed by atoms with Gasteiger partial charge in [-0.1, -0.05) is 0 Å². The number of halogens is 4. The van der Waals surface area contributed by atoms with Gasteiger partial charge in [0.1, 0.15) is 11.6 Å². The largest absolute Gasteiger partial charge is 0.389 e. The summed E-state index contributed by atoms with van der Waals surface area (Å²) in [5, 5.41) is 2.75. The van der Waals surface area contributed by atoms with Crippen molar-refractivity contribution in [2.75, 3.05) is 12.4 Å². The summed E-state index contributed by atoms with van der Waals surface area (Å²) in [5.74, 6) is 0.669. The molecule has 1 rings (SSSR count).